The maximum Gasteiger partial charge on any atom is 0.118 e. The van der Waals surface area contributed by atoms with Gasteiger partial charge in [0.25, 0.3) is 0 Å². The third-order valence-electron chi connectivity index (χ3n) is 2.64. The molecule has 1 rings (SSSR count). The first-order chi connectivity index (χ1) is 7.76. The third kappa shape index (κ3) is 4.64. The fraction of sp³-hybridized carbons (Fsp3) is 0.538. The van der Waals surface area contributed by atoms with E-state index in [2.05, 4.69) is 24.4 Å². The number of rotatable bonds is 7. The van der Waals surface area contributed by atoms with Crippen LogP contribution >= 0.6 is 0 Å². The smallest absolute Gasteiger partial charge is 0.118 e. The standard InChI is InChI=1S/C13H22N2O/c1-11(9-14)10-15-8-7-12-3-5-13(16-2)6-4-12/h3-6,11,15H,7-10,14H2,1-2H3. The van der Waals surface area contributed by atoms with Gasteiger partial charge in [-0.2, -0.15) is 0 Å². The van der Waals surface area contributed by atoms with Crippen LogP contribution in [-0.4, -0.2) is 26.7 Å². The van der Waals surface area contributed by atoms with Crippen LogP contribution in [0.1, 0.15) is 12.5 Å². The summed E-state index contributed by atoms with van der Waals surface area (Å²) < 4.78 is 5.11. The molecule has 1 aromatic carbocycles. The largest absolute Gasteiger partial charge is 0.497 e. The van der Waals surface area contributed by atoms with Crippen molar-refractivity contribution in [3.05, 3.63) is 29.8 Å². The molecular weight excluding hydrogens is 200 g/mol. The summed E-state index contributed by atoms with van der Waals surface area (Å²) in [6.45, 7) is 4.89. The molecule has 0 aliphatic carbocycles. The van der Waals surface area contributed by atoms with E-state index in [0.717, 1.165) is 31.8 Å². The van der Waals surface area contributed by atoms with Crippen molar-refractivity contribution in [2.45, 2.75) is 13.3 Å². The Hall–Kier alpha value is -1.06. The van der Waals surface area contributed by atoms with E-state index < -0.39 is 0 Å². The molecule has 90 valence electrons. The van der Waals surface area contributed by atoms with E-state index in [-0.39, 0.29) is 0 Å². The van der Waals surface area contributed by atoms with Crippen LogP contribution in [0.5, 0.6) is 5.75 Å². The van der Waals surface area contributed by atoms with Crippen molar-refractivity contribution in [2.75, 3.05) is 26.7 Å². The predicted molar refractivity (Wildman–Crippen MR) is 67.8 cm³/mol. The molecule has 0 aliphatic rings. The van der Waals surface area contributed by atoms with Gasteiger partial charge in [0.2, 0.25) is 0 Å². The lowest BCUT2D eigenvalue weighted by atomic mass is 10.1. The van der Waals surface area contributed by atoms with Crippen LogP contribution in [0.25, 0.3) is 0 Å². The van der Waals surface area contributed by atoms with E-state index in [4.69, 9.17) is 10.5 Å². The van der Waals surface area contributed by atoms with E-state index in [0.29, 0.717) is 5.92 Å². The van der Waals surface area contributed by atoms with Crippen LogP contribution < -0.4 is 15.8 Å². The van der Waals surface area contributed by atoms with Gasteiger partial charge in [0.05, 0.1) is 7.11 Å². The minimum atomic E-state index is 0.552. The summed E-state index contributed by atoms with van der Waals surface area (Å²) >= 11 is 0. The van der Waals surface area contributed by atoms with E-state index in [1.165, 1.54) is 5.56 Å². The first kappa shape index (κ1) is 13.0. The highest BCUT2D eigenvalue weighted by Gasteiger charge is 1.98. The molecule has 3 heteroatoms. The molecule has 0 fully saturated rings. The first-order valence-electron chi connectivity index (χ1n) is 5.80. The topological polar surface area (TPSA) is 47.3 Å². The van der Waals surface area contributed by atoms with Crippen molar-refractivity contribution in [1.82, 2.24) is 5.32 Å². The normalized spacial score (nSPS) is 12.4. The van der Waals surface area contributed by atoms with Gasteiger partial charge < -0.3 is 15.8 Å². The lowest BCUT2D eigenvalue weighted by Gasteiger charge is -2.10. The number of nitrogens with two attached hydrogens (primary N) is 1. The first-order valence-corrected chi connectivity index (χ1v) is 5.80. The quantitative estimate of drug-likeness (QED) is 0.686. The highest BCUT2D eigenvalue weighted by Crippen LogP contribution is 2.11. The Balaban J connectivity index is 2.21. The minimum absolute atomic E-state index is 0.552. The molecule has 3 N–H and O–H groups in total. The Kier molecular flexibility index (Phi) is 5.90. The molecule has 0 heterocycles. The van der Waals surface area contributed by atoms with Crippen molar-refractivity contribution in [3.63, 3.8) is 0 Å². The average molecular weight is 222 g/mol. The number of benzene rings is 1. The van der Waals surface area contributed by atoms with Crippen molar-refractivity contribution in [2.24, 2.45) is 11.7 Å². The van der Waals surface area contributed by atoms with Gasteiger partial charge in [-0.3, -0.25) is 0 Å². The van der Waals surface area contributed by atoms with E-state index in [1.54, 1.807) is 7.11 Å². The van der Waals surface area contributed by atoms with E-state index in [9.17, 15) is 0 Å². The Morgan fingerprint density at radius 1 is 1.31 bits per heavy atom. The molecule has 0 spiro atoms. The highest BCUT2D eigenvalue weighted by molar-refractivity contribution is 5.27. The Labute approximate surface area is 98.0 Å². The number of hydrogen-bond donors (Lipinski definition) is 2. The third-order valence-corrected chi connectivity index (χ3v) is 2.64. The van der Waals surface area contributed by atoms with E-state index >= 15 is 0 Å². The fourth-order valence-corrected chi connectivity index (χ4v) is 1.46. The molecular formula is C13H22N2O. The molecule has 0 aromatic heterocycles. The number of ether oxygens (including phenoxy) is 1. The number of hydrogen-bond acceptors (Lipinski definition) is 3. The second kappa shape index (κ2) is 7.25. The van der Waals surface area contributed by atoms with Gasteiger partial charge in [0.15, 0.2) is 0 Å². The SMILES string of the molecule is COc1ccc(CCNCC(C)CN)cc1. The summed E-state index contributed by atoms with van der Waals surface area (Å²) in [6, 6.07) is 8.20. The van der Waals surface area contributed by atoms with Crippen LogP contribution in [0.15, 0.2) is 24.3 Å². The minimum Gasteiger partial charge on any atom is -0.497 e. The summed E-state index contributed by atoms with van der Waals surface area (Å²) in [7, 11) is 1.69. The van der Waals surface area contributed by atoms with Crippen LogP contribution in [0, 0.1) is 5.92 Å². The van der Waals surface area contributed by atoms with Gasteiger partial charge in [-0.1, -0.05) is 19.1 Å². The van der Waals surface area contributed by atoms with Crippen LogP contribution in [0.4, 0.5) is 0 Å². The molecule has 0 aliphatic heterocycles. The van der Waals surface area contributed by atoms with Gasteiger partial charge in [0, 0.05) is 0 Å². The van der Waals surface area contributed by atoms with Gasteiger partial charge >= 0.3 is 0 Å². The second-order valence-corrected chi connectivity index (χ2v) is 4.14. The molecule has 0 bridgehead atoms. The molecule has 0 saturated carbocycles. The Morgan fingerprint density at radius 2 is 2.00 bits per heavy atom. The van der Waals surface area contributed by atoms with Crippen LogP contribution in [0.3, 0.4) is 0 Å². The van der Waals surface area contributed by atoms with Crippen molar-refractivity contribution < 1.29 is 4.74 Å². The molecule has 0 radical (unpaired) electrons. The maximum absolute atomic E-state index is 5.54. The molecule has 3 nitrogen and oxygen atoms in total. The van der Waals surface area contributed by atoms with Crippen molar-refractivity contribution >= 4 is 0 Å². The molecule has 0 amide bonds. The predicted octanol–water partition coefficient (Wildman–Crippen LogP) is 1.42. The van der Waals surface area contributed by atoms with Crippen LogP contribution in [-0.2, 0) is 6.42 Å². The lowest BCUT2D eigenvalue weighted by molar-refractivity contribution is 0.414. The molecule has 0 saturated heterocycles. The zero-order valence-electron chi connectivity index (χ0n) is 10.2. The highest BCUT2D eigenvalue weighted by atomic mass is 16.5. The van der Waals surface area contributed by atoms with Crippen LogP contribution in [0.2, 0.25) is 0 Å². The molecule has 16 heavy (non-hydrogen) atoms. The van der Waals surface area contributed by atoms with Gasteiger partial charge in [-0.25, -0.2) is 0 Å². The monoisotopic (exact) mass is 222 g/mol. The Bertz CT molecular complexity index is 284. The van der Waals surface area contributed by atoms with E-state index in [1.807, 2.05) is 12.1 Å². The average Bonchev–Trinajstić information content (AvgIpc) is 2.35. The summed E-state index contributed by atoms with van der Waals surface area (Å²) in [4.78, 5) is 0. The summed E-state index contributed by atoms with van der Waals surface area (Å²) in [5.41, 5.74) is 6.87. The second-order valence-electron chi connectivity index (χ2n) is 4.14. The summed E-state index contributed by atoms with van der Waals surface area (Å²) in [6.07, 6.45) is 1.04. The van der Waals surface area contributed by atoms with Crippen molar-refractivity contribution in [1.29, 1.82) is 0 Å². The number of nitrogens with one attached hydrogen (secondary N) is 1. The lowest BCUT2D eigenvalue weighted by Crippen LogP contribution is -2.27. The molecule has 1 aromatic rings. The zero-order valence-corrected chi connectivity index (χ0v) is 10.2. The van der Waals surface area contributed by atoms with Gasteiger partial charge in [-0.05, 0) is 49.7 Å². The maximum atomic E-state index is 5.54. The van der Waals surface area contributed by atoms with Gasteiger partial charge in [0.1, 0.15) is 5.75 Å². The van der Waals surface area contributed by atoms with Gasteiger partial charge in [-0.15, -0.1) is 0 Å². The summed E-state index contributed by atoms with van der Waals surface area (Å²) in [5.74, 6) is 1.46. The summed E-state index contributed by atoms with van der Waals surface area (Å²) in [5, 5.41) is 3.40. The molecule has 1 atom stereocenters. The number of methoxy groups -OCH3 is 1. The molecule has 1 unspecified atom stereocenters. The fourth-order valence-electron chi connectivity index (χ4n) is 1.46. The Morgan fingerprint density at radius 3 is 2.56 bits per heavy atom. The van der Waals surface area contributed by atoms with Crippen molar-refractivity contribution in [3.8, 4) is 5.75 Å². The zero-order chi connectivity index (χ0) is 11.8.